The zero-order chi connectivity index (χ0) is 14.2. The standard InChI is InChI=1S/C12H17N5O2/c1-5-6-13-11-14-9-8(17(11)7(2)3)10(18)15-12(19)16(9)4/h5,7H,1,6H2,2-4H3,(H,13,14)(H,15,18,19). The smallest absolute Gasteiger partial charge is 0.329 e. The maximum Gasteiger partial charge on any atom is 0.329 e. The van der Waals surface area contributed by atoms with Gasteiger partial charge in [-0.15, -0.1) is 6.58 Å². The Kier molecular flexibility index (Phi) is 3.28. The summed E-state index contributed by atoms with van der Waals surface area (Å²) in [6, 6.07) is 0.0379. The van der Waals surface area contributed by atoms with E-state index < -0.39 is 11.2 Å². The van der Waals surface area contributed by atoms with Gasteiger partial charge in [0.05, 0.1) is 0 Å². The molecule has 0 atom stereocenters. The summed E-state index contributed by atoms with van der Waals surface area (Å²) in [5.74, 6) is 0.552. The molecule has 7 heteroatoms. The molecule has 2 aromatic rings. The molecule has 0 saturated carbocycles. The summed E-state index contributed by atoms with van der Waals surface area (Å²) >= 11 is 0. The largest absolute Gasteiger partial charge is 0.352 e. The molecule has 0 spiro atoms. The number of H-pyrrole nitrogens is 1. The lowest BCUT2D eigenvalue weighted by Gasteiger charge is -2.12. The number of hydrogen-bond donors (Lipinski definition) is 2. The van der Waals surface area contributed by atoms with Gasteiger partial charge in [-0.25, -0.2) is 4.79 Å². The van der Waals surface area contributed by atoms with E-state index in [4.69, 9.17) is 0 Å². The van der Waals surface area contributed by atoms with E-state index in [9.17, 15) is 9.59 Å². The van der Waals surface area contributed by atoms with Gasteiger partial charge in [0.2, 0.25) is 5.95 Å². The number of fused-ring (bicyclic) bond motifs is 1. The Morgan fingerprint density at radius 2 is 2.16 bits per heavy atom. The second-order valence-corrected chi connectivity index (χ2v) is 4.56. The van der Waals surface area contributed by atoms with E-state index in [1.807, 2.05) is 13.8 Å². The van der Waals surface area contributed by atoms with E-state index in [2.05, 4.69) is 21.9 Å². The zero-order valence-corrected chi connectivity index (χ0v) is 11.2. The van der Waals surface area contributed by atoms with Crippen molar-refractivity contribution in [1.29, 1.82) is 0 Å². The van der Waals surface area contributed by atoms with Gasteiger partial charge in [-0.3, -0.25) is 14.3 Å². The predicted octanol–water partition coefficient (Wildman–Crippen LogP) is 0.602. The lowest BCUT2D eigenvalue weighted by atomic mass is 10.3. The number of aryl methyl sites for hydroxylation is 1. The Bertz CT molecular complexity index is 735. The molecule has 0 aliphatic rings. The summed E-state index contributed by atoms with van der Waals surface area (Å²) < 4.78 is 3.10. The van der Waals surface area contributed by atoms with Gasteiger partial charge < -0.3 is 9.88 Å². The normalized spacial score (nSPS) is 11.2. The van der Waals surface area contributed by atoms with Crippen molar-refractivity contribution >= 4 is 17.1 Å². The first-order chi connectivity index (χ1) is 8.97. The van der Waals surface area contributed by atoms with Gasteiger partial charge >= 0.3 is 5.69 Å². The van der Waals surface area contributed by atoms with E-state index in [0.29, 0.717) is 23.7 Å². The lowest BCUT2D eigenvalue weighted by Crippen LogP contribution is -2.29. The van der Waals surface area contributed by atoms with E-state index in [-0.39, 0.29) is 6.04 Å². The number of rotatable bonds is 4. The van der Waals surface area contributed by atoms with Crippen LogP contribution in [-0.2, 0) is 7.05 Å². The minimum atomic E-state index is -0.471. The number of hydrogen-bond acceptors (Lipinski definition) is 4. The minimum Gasteiger partial charge on any atom is -0.352 e. The third kappa shape index (κ3) is 2.07. The van der Waals surface area contributed by atoms with Gasteiger partial charge in [0.15, 0.2) is 11.2 Å². The van der Waals surface area contributed by atoms with Crippen LogP contribution in [0, 0.1) is 0 Å². The first-order valence-corrected chi connectivity index (χ1v) is 6.03. The highest BCUT2D eigenvalue weighted by Gasteiger charge is 2.18. The number of aromatic nitrogens is 4. The minimum absolute atomic E-state index is 0.0379. The van der Waals surface area contributed by atoms with Crippen LogP contribution in [0.15, 0.2) is 22.2 Å². The van der Waals surface area contributed by atoms with Crippen molar-refractivity contribution in [2.24, 2.45) is 7.05 Å². The second kappa shape index (κ2) is 4.75. The second-order valence-electron chi connectivity index (χ2n) is 4.56. The van der Waals surface area contributed by atoms with E-state index in [1.165, 1.54) is 4.57 Å². The van der Waals surface area contributed by atoms with Crippen LogP contribution < -0.4 is 16.6 Å². The highest BCUT2D eigenvalue weighted by Crippen LogP contribution is 2.20. The molecule has 2 aromatic heterocycles. The number of nitrogens with zero attached hydrogens (tertiary/aromatic N) is 3. The van der Waals surface area contributed by atoms with Crippen molar-refractivity contribution in [3.63, 3.8) is 0 Å². The van der Waals surface area contributed by atoms with Crippen LogP contribution in [-0.4, -0.2) is 25.6 Å². The summed E-state index contributed by atoms with van der Waals surface area (Å²) in [6.07, 6.45) is 1.70. The van der Waals surface area contributed by atoms with Crippen molar-refractivity contribution in [2.75, 3.05) is 11.9 Å². The van der Waals surface area contributed by atoms with Gasteiger partial charge in [0, 0.05) is 19.6 Å². The van der Waals surface area contributed by atoms with E-state index in [0.717, 1.165) is 0 Å². The molecule has 2 rings (SSSR count). The maximum atomic E-state index is 12.0. The molecule has 0 amide bonds. The fourth-order valence-corrected chi connectivity index (χ4v) is 1.99. The van der Waals surface area contributed by atoms with Gasteiger partial charge in [-0.1, -0.05) is 6.08 Å². The van der Waals surface area contributed by atoms with E-state index in [1.54, 1.807) is 17.7 Å². The van der Waals surface area contributed by atoms with Crippen molar-refractivity contribution < 1.29 is 0 Å². The monoisotopic (exact) mass is 263 g/mol. The molecule has 19 heavy (non-hydrogen) atoms. The van der Waals surface area contributed by atoms with Crippen molar-refractivity contribution in [2.45, 2.75) is 19.9 Å². The molecule has 102 valence electrons. The van der Waals surface area contributed by atoms with Crippen molar-refractivity contribution in [3.8, 4) is 0 Å². The third-order valence-corrected chi connectivity index (χ3v) is 2.87. The zero-order valence-electron chi connectivity index (χ0n) is 11.2. The summed E-state index contributed by atoms with van der Waals surface area (Å²) in [7, 11) is 1.58. The van der Waals surface area contributed by atoms with Crippen LogP contribution >= 0.6 is 0 Å². The molecule has 0 unspecified atom stereocenters. The van der Waals surface area contributed by atoms with Gasteiger partial charge in [0.1, 0.15) is 0 Å². The Hall–Kier alpha value is -2.31. The van der Waals surface area contributed by atoms with Crippen LogP contribution in [0.2, 0.25) is 0 Å². The summed E-state index contributed by atoms with van der Waals surface area (Å²) in [4.78, 5) is 30.2. The van der Waals surface area contributed by atoms with Gasteiger partial charge in [-0.05, 0) is 13.8 Å². The molecule has 7 nitrogen and oxygen atoms in total. The highest BCUT2D eigenvalue weighted by atomic mass is 16.2. The van der Waals surface area contributed by atoms with Crippen molar-refractivity contribution in [3.05, 3.63) is 33.5 Å². The molecular formula is C12H17N5O2. The molecule has 0 radical (unpaired) electrons. The van der Waals surface area contributed by atoms with Gasteiger partial charge in [0.25, 0.3) is 5.56 Å². The summed E-state index contributed by atoms with van der Waals surface area (Å²) in [5, 5.41) is 3.07. The average molecular weight is 263 g/mol. The number of nitrogens with one attached hydrogen (secondary N) is 2. The quantitative estimate of drug-likeness (QED) is 0.791. The topological polar surface area (TPSA) is 84.7 Å². The molecular weight excluding hydrogens is 246 g/mol. The maximum absolute atomic E-state index is 12.0. The Morgan fingerprint density at radius 3 is 2.74 bits per heavy atom. The van der Waals surface area contributed by atoms with Gasteiger partial charge in [-0.2, -0.15) is 4.98 Å². The van der Waals surface area contributed by atoms with Crippen LogP contribution in [0.5, 0.6) is 0 Å². The average Bonchev–Trinajstić information content (AvgIpc) is 2.73. The molecule has 0 aromatic carbocycles. The number of imidazole rings is 1. The number of aromatic amines is 1. The first kappa shape index (κ1) is 13.1. The van der Waals surface area contributed by atoms with E-state index >= 15 is 0 Å². The van der Waals surface area contributed by atoms with Crippen LogP contribution in [0.1, 0.15) is 19.9 Å². The highest BCUT2D eigenvalue weighted by molar-refractivity contribution is 5.74. The molecule has 2 N–H and O–H groups in total. The summed E-state index contributed by atoms with van der Waals surface area (Å²) in [6.45, 7) is 8.06. The molecule has 2 heterocycles. The Balaban J connectivity index is 2.84. The lowest BCUT2D eigenvalue weighted by molar-refractivity contribution is 0.621. The fraction of sp³-hybridized carbons (Fsp3) is 0.417. The first-order valence-electron chi connectivity index (χ1n) is 6.03. The Morgan fingerprint density at radius 1 is 1.47 bits per heavy atom. The summed E-state index contributed by atoms with van der Waals surface area (Å²) in [5.41, 5.74) is -0.134. The SMILES string of the molecule is C=CCNc1nc2c(c(=O)[nH]c(=O)n2C)n1C(C)C. The van der Waals surface area contributed by atoms with Crippen LogP contribution in [0.25, 0.3) is 11.2 Å². The molecule has 0 bridgehead atoms. The van der Waals surface area contributed by atoms with Crippen molar-refractivity contribution in [1.82, 2.24) is 19.1 Å². The number of anilines is 1. The predicted molar refractivity (Wildman–Crippen MR) is 74.7 cm³/mol. The third-order valence-electron chi connectivity index (χ3n) is 2.87. The van der Waals surface area contributed by atoms with Crippen LogP contribution in [0.4, 0.5) is 5.95 Å². The molecule has 0 fully saturated rings. The fourth-order valence-electron chi connectivity index (χ4n) is 1.99. The molecule has 0 aliphatic heterocycles. The molecule has 0 aliphatic carbocycles. The Labute approximate surface area is 109 Å². The van der Waals surface area contributed by atoms with Crippen LogP contribution in [0.3, 0.4) is 0 Å². The molecule has 0 saturated heterocycles.